The molecule has 5 aromatic rings. The molecule has 0 bridgehead atoms. The van der Waals surface area contributed by atoms with E-state index < -0.39 is 0 Å². The molecule has 4 heteroatoms. The fourth-order valence-corrected chi connectivity index (χ4v) is 9.66. The van der Waals surface area contributed by atoms with E-state index in [0.717, 1.165) is 0 Å². The molecule has 0 radical (unpaired) electrons. The minimum Gasteiger partial charge on any atom is -0.0669 e. The van der Waals surface area contributed by atoms with Gasteiger partial charge in [0.05, 0.1) is 9.75 Å². The normalized spacial score (nSPS) is 11.1. The predicted molar refractivity (Wildman–Crippen MR) is 121 cm³/mol. The van der Waals surface area contributed by atoms with Gasteiger partial charge in [-0.25, -0.2) is 0 Å². The van der Waals surface area contributed by atoms with Gasteiger partial charge in [0.25, 0.3) is 0 Å². The van der Waals surface area contributed by atoms with E-state index >= 15 is 0 Å². The average molecular weight is 407 g/mol. The Hall–Kier alpha value is -1.98. The molecule has 0 unspecified atom stereocenters. The molecule has 0 aliphatic carbocycles. The smallest absolute Gasteiger partial charge is 0.0644 e. The van der Waals surface area contributed by atoms with Gasteiger partial charge in [-0.05, 0) is 63.5 Å². The fourth-order valence-electron chi connectivity index (χ4n) is 3.19. The lowest BCUT2D eigenvalue weighted by atomic mass is 10.0. The third-order valence-electron chi connectivity index (χ3n) is 4.49. The van der Waals surface area contributed by atoms with E-state index in [2.05, 4.69) is 84.9 Å². The third-order valence-corrected chi connectivity index (χ3v) is 10.8. The highest BCUT2D eigenvalue weighted by Gasteiger charge is 2.11. The van der Waals surface area contributed by atoms with Crippen LogP contribution in [-0.2, 0) is 0 Å². The Balaban J connectivity index is 1.70. The average Bonchev–Trinajstić information content (AvgIpc) is 2.73. The molecule has 0 aliphatic rings. The minimum absolute atomic E-state index is 1.29. The van der Waals surface area contributed by atoms with Crippen molar-refractivity contribution in [2.45, 2.75) is 0 Å². The molecule has 4 aromatic carbocycles. The summed E-state index contributed by atoms with van der Waals surface area (Å²) >= 11 is 0. The van der Waals surface area contributed by atoms with Crippen LogP contribution >= 0.6 is 39.4 Å². The van der Waals surface area contributed by atoms with Gasteiger partial charge in [0.1, 0.15) is 0 Å². The lowest BCUT2D eigenvalue weighted by Crippen LogP contribution is -1.82. The zero-order valence-corrected chi connectivity index (χ0v) is 17.0. The maximum Gasteiger partial charge on any atom is 0.0644 e. The Morgan fingerprint density at radius 2 is 0.846 bits per heavy atom. The molecule has 1 heterocycles. The summed E-state index contributed by atoms with van der Waals surface area (Å²) < 4.78 is 0. The van der Waals surface area contributed by atoms with E-state index in [9.17, 15) is 0 Å². The molecule has 26 heavy (non-hydrogen) atoms. The van der Waals surface area contributed by atoms with Crippen LogP contribution < -0.4 is 0 Å². The summed E-state index contributed by atoms with van der Waals surface area (Å²) in [6, 6.07) is 30.7. The second-order valence-corrected chi connectivity index (χ2v) is 11.8. The van der Waals surface area contributed by atoms with E-state index in [1.54, 1.807) is 0 Å². The van der Waals surface area contributed by atoms with Gasteiger partial charge in [-0.15, -0.1) is 0 Å². The minimum atomic E-state index is 1.29. The van der Waals surface area contributed by atoms with Crippen LogP contribution in [0.3, 0.4) is 0 Å². The Morgan fingerprint density at radius 3 is 1.31 bits per heavy atom. The highest BCUT2D eigenvalue weighted by atomic mass is 33.4. The molecule has 0 saturated heterocycles. The van der Waals surface area contributed by atoms with Crippen LogP contribution in [0.25, 0.3) is 42.4 Å². The number of hydrogen-bond donors (Lipinski definition) is 0. The number of rotatable bonds is 2. The summed E-state index contributed by atoms with van der Waals surface area (Å²) in [6.07, 6.45) is 0. The second-order valence-electron chi connectivity index (χ2n) is 6.08. The SMILES string of the molecule is c1ccc2cc(-c3ssssc3-c3ccc4ccccc4c3)ccc2c1. The zero-order chi connectivity index (χ0) is 17.3. The molecule has 0 amide bonds. The maximum atomic E-state index is 2.32. The lowest BCUT2D eigenvalue weighted by Gasteiger charge is -2.09. The van der Waals surface area contributed by atoms with Crippen molar-refractivity contribution in [3.8, 4) is 20.9 Å². The molecular weight excluding hydrogens is 393 g/mol. The van der Waals surface area contributed by atoms with Crippen molar-refractivity contribution in [1.29, 1.82) is 0 Å². The molecule has 0 fully saturated rings. The Labute approximate surface area is 166 Å². The highest BCUT2D eigenvalue weighted by molar-refractivity contribution is 8.08. The van der Waals surface area contributed by atoms with Gasteiger partial charge < -0.3 is 0 Å². The van der Waals surface area contributed by atoms with Crippen LogP contribution in [0.1, 0.15) is 0 Å². The van der Waals surface area contributed by atoms with Crippen molar-refractivity contribution in [2.75, 3.05) is 0 Å². The number of fused-ring (bicyclic) bond motifs is 2. The third kappa shape index (κ3) is 2.99. The van der Waals surface area contributed by atoms with Gasteiger partial charge in [0.15, 0.2) is 0 Å². The number of hydrogen-bond acceptors (Lipinski definition) is 4. The first kappa shape index (κ1) is 16.2. The molecule has 0 saturated carbocycles. The molecule has 126 valence electrons. The molecule has 5 rings (SSSR count). The van der Waals surface area contributed by atoms with Crippen molar-refractivity contribution in [3.05, 3.63) is 84.9 Å². The van der Waals surface area contributed by atoms with Crippen LogP contribution in [0.5, 0.6) is 0 Å². The monoisotopic (exact) mass is 406 g/mol. The summed E-state index contributed by atoms with van der Waals surface area (Å²) in [4.78, 5) is 2.72. The number of benzene rings is 4. The highest BCUT2D eigenvalue weighted by Crippen LogP contribution is 2.43. The largest absolute Gasteiger partial charge is 0.0669 e. The van der Waals surface area contributed by atoms with E-state index in [1.807, 2.05) is 39.4 Å². The molecule has 0 atom stereocenters. The molecule has 0 N–H and O–H groups in total. The van der Waals surface area contributed by atoms with Crippen LogP contribution in [0.4, 0.5) is 0 Å². The van der Waals surface area contributed by atoms with E-state index in [4.69, 9.17) is 0 Å². The fraction of sp³-hybridized carbons (Fsp3) is 0. The second kappa shape index (κ2) is 6.97. The van der Waals surface area contributed by atoms with E-state index in [0.29, 0.717) is 0 Å². The van der Waals surface area contributed by atoms with Crippen LogP contribution in [0, 0.1) is 0 Å². The van der Waals surface area contributed by atoms with Crippen LogP contribution in [-0.4, -0.2) is 0 Å². The molecule has 0 nitrogen and oxygen atoms in total. The van der Waals surface area contributed by atoms with Crippen molar-refractivity contribution in [3.63, 3.8) is 0 Å². The predicted octanol–water partition coefficient (Wildman–Crippen LogP) is 8.70. The summed E-state index contributed by atoms with van der Waals surface area (Å²) in [5.41, 5.74) is 2.61. The summed E-state index contributed by atoms with van der Waals surface area (Å²) in [5.74, 6) is 0. The Morgan fingerprint density at radius 1 is 0.423 bits per heavy atom. The first-order valence-electron chi connectivity index (χ1n) is 8.29. The topological polar surface area (TPSA) is 0 Å². The van der Waals surface area contributed by atoms with E-state index in [1.165, 1.54) is 42.4 Å². The first-order chi connectivity index (χ1) is 12.9. The van der Waals surface area contributed by atoms with Gasteiger partial charge in [-0.3, -0.25) is 0 Å². The van der Waals surface area contributed by atoms with Crippen molar-refractivity contribution in [1.82, 2.24) is 0 Å². The molecule has 0 aliphatic heterocycles. The summed E-state index contributed by atoms with van der Waals surface area (Å²) in [5, 5.41) is 5.17. The molecule has 0 spiro atoms. The van der Waals surface area contributed by atoms with Crippen LogP contribution in [0.2, 0.25) is 0 Å². The molecule has 1 aromatic heterocycles. The standard InChI is InChI=1S/C22H14S4/c1-3-7-17-13-19(11-9-15(17)5-1)21-22(24-26-25-23-21)20-12-10-16-6-2-4-8-18(16)14-20/h1-14H. The van der Waals surface area contributed by atoms with Gasteiger partial charge in [-0.1, -0.05) is 93.5 Å². The van der Waals surface area contributed by atoms with Gasteiger partial charge >= 0.3 is 0 Å². The Bertz CT molecular complexity index is 1150. The van der Waals surface area contributed by atoms with Crippen molar-refractivity contribution < 1.29 is 0 Å². The van der Waals surface area contributed by atoms with Gasteiger partial charge in [0.2, 0.25) is 0 Å². The first-order valence-corrected chi connectivity index (χ1v) is 13.1. The van der Waals surface area contributed by atoms with Crippen molar-refractivity contribution >= 4 is 60.9 Å². The van der Waals surface area contributed by atoms with Crippen molar-refractivity contribution in [2.24, 2.45) is 0 Å². The maximum absolute atomic E-state index is 2.32. The quantitative estimate of drug-likeness (QED) is 0.257. The lowest BCUT2D eigenvalue weighted by molar-refractivity contribution is 1.71. The Kier molecular flexibility index (Phi) is 4.35. The van der Waals surface area contributed by atoms with Gasteiger partial charge in [0, 0.05) is 0 Å². The zero-order valence-electron chi connectivity index (χ0n) is 13.7. The summed E-state index contributed by atoms with van der Waals surface area (Å²) in [7, 11) is 7.43. The van der Waals surface area contributed by atoms with Crippen LogP contribution in [0.15, 0.2) is 84.9 Å². The van der Waals surface area contributed by atoms with E-state index in [-0.39, 0.29) is 0 Å². The van der Waals surface area contributed by atoms with Gasteiger partial charge in [-0.2, -0.15) is 0 Å². The summed E-state index contributed by atoms with van der Waals surface area (Å²) in [6.45, 7) is 0. The molecular formula is C22H14S4.